The summed E-state index contributed by atoms with van der Waals surface area (Å²) in [6.07, 6.45) is 0. The molecule has 6 heteroatoms. The minimum absolute atomic E-state index is 0.341. The van der Waals surface area contributed by atoms with Crippen molar-refractivity contribution in [2.75, 3.05) is 7.11 Å². The number of nitrogens with zero attached hydrogens (tertiary/aromatic N) is 2. The number of carbonyl (C=O) groups is 1. The van der Waals surface area contributed by atoms with Crippen LogP contribution in [0.4, 0.5) is 0 Å². The summed E-state index contributed by atoms with van der Waals surface area (Å²) in [5.41, 5.74) is 3.24. The van der Waals surface area contributed by atoms with E-state index in [1.54, 1.807) is 12.4 Å². The molecular weight excluding hydrogens is 232 g/mol. The molecule has 4 nitrogen and oxygen atoms in total. The maximum absolute atomic E-state index is 11.3. The van der Waals surface area contributed by atoms with E-state index in [9.17, 15) is 4.79 Å². The molecule has 0 spiro atoms. The van der Waals surface area contributed by atoms with Crippen LogP contribution in [0.25, 0.3) is 10.7 Å². The van der Waals surface area contributed by atoms with E-state index in [0.717, 1.165) is 10.7 Å². The SMILES string of the molecule is COC(=O)c1sc(-c2cscn2)nc1C. The molecule has 0 unspecified atom stereocenters. The molecule has 78 valence electrons. The fourth-order valence-corrected chi connectivity index (χ4v) is 2.67. The summed E-state index contributed by atoms with van der Waals surface area (Å²) in [6.45, 7) is 1.79. The Morgan fingerprint density at radius 3 is 2.93 bits per heavy atom. The third-order valence-electron chi connectivity index (χ3n) is 1.82. The number of ether oxygens (including phenoxy) is 1. The lowest BCUT2D eigenvalue weighted by atomic mass is 10.4. The van der Waals surface area contributed by atoms with Gasteiger partial charge in [0.1, 0.15) is 15.6 Å². The molecule has 0 bridgehead atoms. The summed E-state index contributed by atoms with van der Waals surface area (Å²) in [5, 5.41) is 2.66. The second-order valence-corrected chi connectivity index (χ2v) is 4.52. The molecule has 0 fully saturated rings. The molecule has 0 amide bonds. The number of rotatable bonds is 2. The average molecular weight is 240 g/mol. The van der Waals surface area contributed by atoms with Crippen molar-refractivity contribution in [2.24, 2.45) is 0 Å². The van der Waals surface area contributed by atoms with Crippen LogP contribution in [0.3, 0.4) is 0 Å². The Bertz CT molecular complexity index is 476. The van der Waals surface area contributed by atoms with Gasteiger partial charge in [-0.1, -0.05) is 0 Å². The first kappa shape index (κ1) is 10.3. The maximum Gasteiger partial charge on any atom is 0.349 e. The Balaban J connectivity index is 2.41. The predicted octanol–water partition coefficient (Wildman–Crippen LogP) is 2.36. The zero-order valence-corrected chi connectivity index (χ0v) is 9.82. The zero-order valence-electron chi connectivity index (χ0n) is 8.18. The van der Waals surface area contributed by atoms with Crippen molar-refractivity contribution < 1.29 is 9.53 Å². The van der Waals surface area contributed by atoms with Crippen molar-refractivity contribution >= 4 is 28.6 Å². The van der Waals surface area contributed by atoms with Crippen LogP contribution in [-0.2, 0) is 4.74 Å². The largest absolute Gasteiger partial charge is 0.465 e. The Morgan fingerprint density at radius 2 is 2.33 bits per heavy atom. The lowest BCUT2D eigenvalue weighted by Crippen LogP contribution is -1.99. The molecule has 0 aliphatic rings. The highest BCUT2D eigenvalue weighted by Gasteiger charge is 2.16. The number of hydrogen-bond donors (Lipinski definition) is 0. The van der Waals surface area contributed by atoms with Gasteiger partial charge < -0.3 is 4.74 Å². The van der Waals surface area contributed by atoms with E-state index in [4.69, 9.17) is 0 Å². The van der Waals surface area contributed by atoms with Gasteiger partial charge in [0.15, 0.2) is 0 Å². The fraction of sp³-hybridized carbons (Fsp3) is 0.222. The minimum atomic E-state index is -0.341. The lowest BCUT2D eigenvalue weighted by Gasteiger charge is -1.93. The molecule has 2 aromatic rings. The van der Waals surface area contributed by atoms with Gasteiger partial charge in [-0.2, -0.15) is 0 Å². The van der Waals surface area contributed by atoms with Crippen LogP contribution >= 0.6 is 22.7 Å². The van der Waals surface area contributed by atoms with Crippen molar-refractivity contribution in [1.82, 2.24) is 9.97 Å². The summed E-state index contributed by atoms with van der Waals surface area (Å²) >= 11 is 2.81. The Kier molecular flexibility index (Phi) is 2.79. The highest BCUT2D eigenvalue weighted by atomic mass is 32.1. The first-order chi connectivity index (χ1) is 7.22. The van der Waals surface area contributed by atoms with Gasteiger partial charge in [0.05, 0.1) is 18.3 Å². The summed E-state index contributed by atoms with van der Waals surface area (Å²) in [5.74, 6) is -0.341. The molecule has 2 heterocycles. The van der Waals surface area contributed by atoms with Crippen LogP contribution in [0.1, 0.15) is 15.4 Å². The number of methoxy groups -OCH3 is 1. The molecule has 15 heavy (non-hydrogen) atoms. The van der Waals surface area contributed by atoms with E-state index in [1.165, 1.54) is 29.8 Å². The monoisotopic (exact) mass is 240 g/mol. The van der Waals surface area contributed by atoms with E-state index < -0.39 is 0 Å². The Morgan fingerprint density at radius 1 is 1.53 bits per heavy atom. The maximum atomic E-state index is 11.3. The molecule has 0 aliphatic heterocycles. The first-order valence-electron chi connectivity index (χ1n) is 4.16. The first-order valence-corrected chi connectivity index (χ1v) is 5.92. The number of aryl methyl sites for hydroxylation is 1. The van der Waals surface area contributed by atoms with Crippen LogP contribution in [-0.4, -0.2) is 23.0 Å². The Hall–Kier alpha value is -1.27. The summed E-state index contributed by atoms with van der Waals surface area (Å²) in [6, 6.07) is 0. The smallest absolute Gasteiger partial charge is 0.349 e. The number of thiazole rings is 2. The van der Waals surface area contributed by atoms with Crippen LogP contribution in [0.5, 0.6) is 0 Å². The van der Waals surface area contributed by atoms with Crippen LogP contribution in [0.15, 0.2) is 10.9 Å². The zero-order chi connectivity index (χ0) is 10.8. The molecule has 0 atom stereocenters. The minimum Gasteiger partial charge on any atom is -0.465 e. The van der Waals surface area contributed by atoms with E-state index in [1.807, 2.05) is 5.38 Å². The molecule has 0 aliphatic carbocycles. The van der Waals surface area contributed by atoms with Gasteiger partial charge in [0.25, 0.3) is 0 Å². The van der Waals surface area contributed by atoms with E-state index in [-0.39, 0.29) is 5.97 Å². The van der Waals surface area contributed by atoms with Gasteiger partial charge in [0.2, 0.25) is 0 Å². The van der Waals surface area contributed by atoms with Crippen molar-refractivity contribution in [2.45, 2.75) is 6.92 Å². The third kappa shape index (κ3) is 1.91. The molecule has 0 N–H and O–H groups in total. The molecule has 0 saturated carbocycles. The standard InChI is InChI=1S/C9H8N2O2S2/c1-5-7(9(12)13-2)15-8(11-5)6-3-14-4-10-6/h3-4H,1-2H3. The van der Waals surface area contributed by atoms with E-state index in [0.29, 0.717) is 10.6 Å². The quantitative estimate of drug-likeness (QED) is 0.756. The molecule has 0 radical (unpaired) electrons. The number of hydrogen-bond acceptors (Lipinski definition) is 6. The van der Waals surface area contributed by atoms with Gasteiger partial charge in [-0.15, -0.1) is 22.7 Å². The normalized spacial score (nSPS) is 10.3. The topological polar surface area (TPSA) is 52.1 Å². The van der Waals surface area contributed by atoms with E-state index >= 15 is 0 Å². The van der Waals surface area contributed by atoms with Gasteiger partial charge >= 0.3 is 5.97 Å². The number of aromatic nitrogens is 2. The highest BCUT2D eigenvalue weighted by molar-refractivity contribution is 7.17. The molecule has 0 aromatic carbocycles. The van der Waals surface area contributed by atoms with Crippen LogP contribution in [0, 0.1) is 6.92 Å². The second-order valence-electron chi connectivity index (χ2n) is 2.80. The molecular formula is C9H8N2O2S2. The second kappa shape index (κ2) is 4.08. The van der Waals surface area contributed by atoms with Gasteiger partial charge in [-0.05, 0) is 6.92 Å². The highest BCUT2D eigenvalue weighted by Crippen LogP contribution is 2.27. The fourth-order valence-electron chi connectivity index (χ4n) is 1.11. The Labute approximate surface area is 94.6 Å². The number of esters is 1. The van der Waals surface area contributed by atoms with Crippen molar-refractivity contribution in [3.8, 4) is 10.7 Å². The van der Waals surface area contributed by atoms with Crippen LogP contribution < -0.4 is 0 Å². The van der Waals surface area contributed by atoms with Crippen molar-refractivity contribution in [1.29, 1.82) is 0 Å². The van der Waals surface area contributed by atoms with Crippen molar-refractivity contribution in [3.05, 3.63) is 21.5 Å². The summed E-state index contributed by atoms with van der Waals surface area (Å²) < 4.78 is 4.66. The van der Waals surface area contributed by atoms with E-state index in [2.05, 4.69) is 14.7 Å². The predicted molar refractivity (Wildman–Crippen MR) is 59.3 cm³/mol. The van der Waals surface area contributed by atoms with Gasteiger partial charge in [-0.3, -0.25) is 0 Å². The van der Waals surface area contributed by atoms with Crippen molar-refractivity contribution in [3.63, 3.8) is 0 Å². The molecule has 2 rings (SSSR count). The number of carbonyl (C=O) groups excluding carboxylic acids is 1. The molecule has 2 aromatic heterocycles. The average Bonchev–Trinajstić information content (AvgIpc) is 2.84. The van der Waals surface area contributed by atoms with Gasteiger partial charge in [0, 0.05) is 5.38 Å². The summed E-state index contributed by atoms with van der Waals surface area (Å²) in [4.78, 5) is 20.3. The van der Waals surface area contributed by atoms with Gasteiger partial charge in [-0.25, -0.2) is 14.8 Å². The van der Waals surface area contributed by atoms with Crippen LogP contribution in [0.2, 0.25) is 0 Å². The lowest BCUT2D eigenvalue weighted by molar-refractivity contribution is 0.0605. The summed E-state index contributed by atoms with van der Waals surface area (Å²) in [7, 11) is 1.37. The third-order valence-corrected chi connectivity index (χ3v) is 3.57. The molecule has 0 saturated heterocycles.